The van der Waals surface area contributed by atoms with Crippen LogP contribution in [0.1, 0.15) is 59.9 Å². The predicted molar refractivity (Wildman–Crippen MR) is 111 cm³/mol. The van der Waals surface area contributed by atoms with Crippen LogP contribution >= 0.6 is 0 Å². The minimum atomic E-state index is -0.713. The number of nitrogens with one attached hydrogen (secondary N) is 2. The third-order valence-corrected chi connectivity index (χ3v) is 4.35. The van der Waals surface area contributed by atoms with Crippen LogP contribution < -0.4 is 10.6 Å². The molecule has 1 aromatic carbocycles. The van der Waals surface area contributed by atoms with Gasteiger partial charge in [0.2, 0.25) is 0 Å². The van der Waals surface area contributed by atoms with E-state index in [0.717, 1.165) is 24.9 Å². The largest absolute Gasteiger partial charge is 0.444 e. The van der Waals surface area contributed by atoms with Gasteiger partial charge in [-0.15, -0.1) is 0 Å². The molecule has 1 aromatic rings. The van der Waals surface area contributed by atoms with E-state index < -0.39 is 23.8 Å². The zero-order valence-electron chi connectivity index (χ0n) is 17.8. The van der Waals surface area contributed by atoms with Gasteiger partial charge in [0.25, 0.3) is 0 Å². The van der Waals surface area contributed by atoms with Crippen LogP contribution in [0.5, 0.6) is 0 Å². The molecule has 0 aromatic heterocycles. The minimum Gasteiger partial charge on any atom is -0.444 e. The summed E-state index contributed by atoms with van der Waals surface area (Å²) in [6.45, 7) is 13.3. The fourth-order valence-electron chi connectivity index (χ4n) is 3.08. The maximum Gasteiger partial charge on any atom is 0.407 e. The van der Waals surface area contributed by atoms with Gasteiger partial charge in [0.05, 0.1) is 12.1 Å². The molecule has 0 fully saturated rings. The van der Waals surface area contributed by atoms with Gasteiger partial charge < -0.3 is 20.5 Å². The van der Waals surface area contributed by atoms with Crippen molar-refractivity contribution in [3.63, 3.8) is 0 Å². The van der Waals surface area contributed by atoms with Crippen molar-refractivity contribution in [2.45, 2.75) is 78.6 Å². The molecule has 0 aliphatic carbocycles. The van der Waals surface area contributed by atoms with E-state index in [2.05, 4.69) is 31.4 Å². The van der Waals surface area contributed by atoms with Crippen molar-refractivity contribution in [3.8, 4) is 0 Å². The molecular formula is C22H38N2O3. The minimum absolute atomic E-state index is 0.183. The number of carbonyl (C=O) groups excluding carboxylic acids is 1. The molecule has 0 spiro atoms. The average molecular weight is 379 g/mol. The molecule has 154 valence electrons. The SMILES string of the molecule is CCCC(C)(C)CNCC(O)C(Cc1ccccc1)NC(=O)OC(C)(C)C. The number of amides is 1. The Morgan fingerprint density at radius 3 is 2.33 bits per heavy atom. The van der Waals surface area contributed by atoms with Crippen LogP contribution in [0.4, 0.5) is 4.79 Å². The highest BCUT2D eigenvalue weighted by atomic mass is 16.6. The molecule has 0 saturated carbocycles. The van der Waals surface area contributed by atoms with Crippen molar-refractivity contribution in [3.05, 3.63) is 35.9 Å². The van der Waals surface area contributed by atoms with Crippen LogP contribution in [-0.4, -0.2) is 42.0 Å². The monoisotopic (exact) mass is 378 g/mol. The van der Waals surface area contributed by atoms with E-state index in [1.807, 2.05) is 51.1 Å². The summed E-state index contributed by atoms with van der Waals surface area (Å²) in [5, 5.41) is 16.9. The third-order valence-electron chi connectivity index (χ3n) is 4.35. The number of aliphatic hydroxyl groups excluding tert-OH is 1. The lowest BCUT2D eigenvalue weighted by Crippen LogP contribution is -2.50. The summed E-state index contributed by atoms with van der Waals surface area (Å²) in [5.74, 6) is 0. The molecule has 27 heavy (non-hydrogen) atoms. The molecule has 5 nitrogen and oxygen atoms in total. The Kier molecular flexibility index (Phi) is 9.27. The van der Waals surface area contributed by atoms with E-state index in [9.17, 15) is 9.90 Å². The number of aliphatic hydroxyl groups is 1. The fourth-order valence-corrected chi connectivity index (χ4v) is 3.08. The lowest BCUT2D eigenvalue weighted by Gasteiger charge is -2.29. The lowest BCUT2D eigenvalue weighted by molar-refractivity contribution is 0.0420. The molecule has 2 atom stereocenters. The summed E-state index contributed by atoms with van der Waals surface area (Å²) < 4.78 is 5.37. The summed E-state index contributed by atoms with van der Waals surface area (Å²) in [5.41, 5.74) is 0.667. The van der Waals surface area contributed by atoms with E-state index in [-0.39, 0.29) is 5.41 Å². The average Bonchev–Trinajstić information content (AvgIpc) is 2.53. The van der Waals surface area contributed by atoms with Crippen molar-refractivity contribution in [1.29, 1.82) is 0 Å². The van der Waals surface area contributed by atoms with Crippen LogP contribution in [0, 0.1) is 5.41 Å². The topological polar surface area (TPSA) is 70.6 Å². The van der Waals surface area contributed by atoms with Crippen LogP contribution in [0.25, 0.3) is 0 Å². The Balaban J connectivity index is 2.69. The number of rotatable bonds is 10. The highest BCUT2D eigenvalue weighted by Crippen LogP contribution is 2.20. The van der Waals surface area contributed by atoms with Crippen LogP contribution in [0.2, 0.25) is 0 Å². The normalized spacial score (nSPS) is 14.5. The van der Waals surface area contributed by atoms with E-state index >= 15 is 0 Å². The standard InChI is InChI=1S/C22H38N2O3/c1-7-13-22(5,6)16-23-15-19(25)18(14-17-11-9-8-10-12-17)24-20(26)27-21(2,3)4/h8-12,18-19,23,25H,7,13-16H2,1-6H3,(H,24,26). The second-order valence-corrected chi connectivity index (χ2v) is 9.05. The second kappa shape index (κ2) is 10.7. The Morgan fingerprint density at radius 1 is 1.15 bits per heavy atom. The van der Waals surface area contributed by atoms with E-state index in [4.69, 9.17) is 4.74 Å². The molecule has 0 saturated heterocycles. The van der Waals surface area contributed by atoms with Crippen molar-refractivity contribution in [2.75, 3.05) is 13.1 Å². The summed E-state index contributed by atoms with van der Waals surface area (Å²) in [4.78, 5) is 12.2. The van der Waals surface area contributed by atoms with Crippen LogP contribution in [-0.2, 0) is 11.2 Å². The van der Waals surface area contributed by atoms with E-state index in [1.165, 1.54) is 0 Å². The summed E-state index contributed by atoms with van der Waals surface area (Å²) >= 11 is 0. The number of hydrogen-bond acceptors (Lipinski definition) is 4. The highest BCUT2D eigenvalue weighted by Gasteiger charge is 2.25. The number of hydrogen-bond donors (Lipinski definition) is 3. The number of carbonyl (C=O) groups is 1. The number of benzene rings is 1. The van der Waals surface area contributed by atoms with Gasteiger partial charge in [-0.05, 0) is 44.6 Å². The van der Waals surface area contributed by atoms with E-state index in [0.29, 0.717) is 13.0 Å². The fraction of sp³-hybridized carbons (Fsp3) is 0.682. The first kappa shape index (κ1) is 23.4. The molecule has 0 aliphatic rings. The van der Waals surface area contributed by atoms with Gasteiger partial charge in [-0.3, -0.25) is 0 Å². The first-order valence-corrected chi connectivity index (χ1v) is 9.94. The first-order chi connectivity index (χ1) is 12.5. The van der Waals surface area contributed by atoms with Gasteiger partial charge in [0.15, 0.2) is 0 Å². The lowest BCUT2D eigenvalue weighted by atomic mass is 9.88. The highest BCUT2D eigenvalue weighted by molar-refractivity contribution is 5.68. The van der Waals surface area contributed by atoms with Crippen LogP contribution in [0.3, 0.4) is 0 Å². The van der Waals surface area contributed by atoms with Gasteiger partial charge in [0, 0.05) is 13.1 Å². The van der Waals surface area contributed by atoms with Gasteiger partial charge >= 0.3 is 6.09 Å². The Morgan fingerprint density at radius 2 is 1.78 bits per heavy atom. The number of ether oxygens (including phenoxy) is 1. The van der Waals surface area contributed by atoms with Gasteiger partial charge in [-0.1, -0.05) is 57.5 Å². The zero-order valence-corrected chi connectivity index (χ0v) is 17.8. The molecule has 0 bridgehead atoms. The second-order valence-electron chi connectivity index (χ2n) is 9.05. The number of alkyl carbamates (subject to hydrolysis) is 1. The molecule has 3 N–H and O–H groups in total. The van der Waals surface area contributed by atoms with Gasteiger partial charge in [-0.2, -0.15) is 0 Å². The molecule has 1 rings (SSSR count). The first-order valence-electron chi connectivity index (χ1n) is 9.94. The predicted octanol–water partition coefficient (Wildman–Crippen LogP) is 3.90. The molecule has 0 heterocycles. The third kappa shape index (κ3) is 10.4. The summed E-state index contributed by atoms with van der Waals surface area (Å²) in [6.07, 6.45) is 1.58. The van der Waals surface area contributed by atoms with Crippen molar-refractivity contribution < 1.29 is 14.6 Å². The molecular weight excluding hydrogens is 340 g/mol. The molecule has 5 heteroatoms. The Hall–Kier alpha value is -1.59. The Bertz CT molecular complexity index is 552. The smallest absolute Gasteiger partial charge is 0.407 e. The van der Waals surface area contributed by atoms with Crippen molar-refractivity contribution >= 4 is 6.09 Å². The zero-order chi connectivity index (χ0) is 20.5. The van der Waals surface area contributed by atoms with E-state index in [1.54, 1.807) is 0 Å². The molecule has 0 aliphatic heterocycles. The summed E-state index contributed by atoms with van der Waals surface area (Å²) in [7, 11) is 0. The Labute approximate surface area is 164 Å². The maximum atomic E-state index is 12.2. The van der Waals surface area contributed by atoms with Crippen molar-refractivity contribution in [2.24, 2.45) is 5.41 Å². The maximum absolute atomic E-state index is 12.2. The molecule has 0 radical (unpaired) electrons. The van der Waals surface area contributed by atoms with Crippen LogP contribution in [0.15, 0.2) is 30.3 Å². The quantitative estimate of drug-likeness (QED) is 0.577. The van der Waals surface area contributed by atoms with Crippen molar-refractivity contribution in [1.82, 2.24) is 10.6 Å². The van der Waals surface area contributed by atoms with Gasteiger partial charge in [-0.25, -0.2) is 4.79 Å². The van der Waals surface area contributed by atoms with Gasteiger partial charge in [0.1, 0.15) is 5.60 Å². The molecule has 2 unspecified atom stereocenters. The molecule has 1 amide bonds. The summed E-state index contributed by atoms with van der Waals surface area (Å²) in [6, 6.07) is 9.43.